The minimum absolute atomic E-state index is 0.774. The molecular weight excluding hydrogens is 198 g/mol. The zero-order valence-corrected chi connectivity index (χ0v) is 10.9. The van der Waals surface area contributed by atoms with Crippen LogP contribution >= 0.6 is 0 Å². The summed E-state index contributed by atoms with van der Waals surface area (Å²) in [4.78, 5) is 5.28. The Bertz CT molecular complexity index is 199. The molecule has 3 nitrogen and oxygen atoms in total. The van der Waals surface area contributed by atoms with E-state index in [-0.39, 0.29) is 0 Å². The molecule has 3 fully saturated rings. The Morgan fingerprint density at radius 1 is 1.25 bits per heavy atom. The number of nitrogens with zero attached hydrogens (tertiary/aromatic N) is 2. The number of rotatable bonds is 6. The lowest BCUT2D eigenvalue weighted by molar-refractivity contribution is 0.0135. The van der Waals surface area contributed by atoms with Gasteiger partial charge in [0, 0.05) is 45.3 Å². The maximum Gasteiger partial charge on any atom is 0.0349 e. The van der Waals surface area contributed by atoms with Crippen LogP contribution in [-0.2, 0) is 0 Å². The molecule has 0 aliphatic carbocycles. The molecule has 16 heavy (non-hydrogen) atoms. The van der Waals surface area contributed by atoms with E-state index in [1.165, 1.54) is 58.7 Å². The van der Waals surface area contributed by atoms with Crippen molar-refractivity contribution in [2.24, 2.45) is 5.92 Å². The molecule has 3 aliphatic rings. The molecule has 3 rings (SSSR count). The monoisotopic (exact) mass is 225 g/mol. The molecule has 2 atom stereocenters. The first-order valence-corrected chi connectivity index (χ1v) is 6.96. The Morgan fingerprint density at radius 3 is 2.56 bits per heavy atom. The van der Waals surface area contributed by atoms with Crippen molar-refractivity contribution in [3.63, 3.8) is 0 Å². The van der Waals surface area contributed by atoms with Gasteiger partial charge in [0.1, 0.15) is 0 Å². The molecule has 0 aromatic heterocycles. The van der Waals surface area contributed by atoms with E-state index < -0.39 is 0 Å². The second-order valence-electron chi connectivity index (χ2n) is 5.54. The fraction of sp³-hybridized carbons (Fsp3) is 1.00. The lowest BCUT2D eigenvalue weighted by atomic mass is 10.1. The fourth-order valence-electron chi connectivity index (χ4n) is 3.01. The van der Waals surface area contributed by atoms with Gasteiger partial charge in [0.15, 0.2) is 0 Å². The molecule has 0 saturated carbocycles. The van der Waals surface area contributed by atoms with E-state index in [1.807, 2.05) is 0 Å². The van der Waals surface area contributed by atoms with E-state index in [9.17, 15) is 0 Å². The number of hydrogen-bond acceptors (Lipinski definition) is 3. The van der Waals surface area contributed by atoms with Crippen LogP contribution in [0.2, 0.25) is 0 Å². The van der Waals surface area contributed by atoms with Gasteiger partial charge >= 0.3 is 0 Å². The average Bonchev–Trinajstić information content (AvgIpc) is 2.31. The topological polar surface area (TPSA) is 18.5 Å². The van der Waals surface area contributed by atoms with Crippen LogP contribution in [-0.4, -0.2) is 61.7 Å². The minimum atomic E-state index is 0.774. The van der Waals surface area contributed by atoms with Crippen molar-refractivity contribution in [2.45, 2.75) is 32.7 Å². The summed E-state index contributed by atoms with van der Waals surface area (Å²) in [6.45, 7) is 13.5. The molecule has 0 amide bonds. The normalized spacial score (nSPS) is 35.2. The van der Waals surface area contributed by atoms with E-state index in [0.717, 1.165) is 12.0 Å². The van der Waals surface area contributed by atoms with Gasteiger partial charge in [0.25, 0.3) is 0 Å². The summed E-state index contributed by atoms with van der Waals surface area (Å²) in [7, 11) is 0. The Hall–Kier alpha value is -0.120. The van der Waals surface area contributed by atoms with Gasteiger partial charge in [0.2, 0.25) is 0 Å². The van der Waals surface area contributed by atoms with Crippen molar-refractivity contribution in [2.75, 3.05) is 45.8 Å². The maximum absolute atomic E-state index is 3.66. The summed E-state index contributed by atoms with van der Waals surface area (Å²) in [6, 6.07) is 0.774. The van der Waals surface area contributed by atoms with Gasteiger partial charge in [-0.1, -0.05) is 20.3 Å². The zero-order chi connectivity index (χ0) is 11.4. The quantitative estimate of drug-likeness (QED) is 0.728. The highest BCUT2D eigenvalue weighted by molar-refractivity contribution is 4.89. The molecule has 0 spiro atoms. The molecule has 1 N–H and O–H groups in total. The molecule has 3 heteroatoms. The number of fused-ring (bicyclic) bond motifs is 3. The number of nitrogens with one attached hydrogen (secondary N) is 1. The highest BCUT2D eigenvalue weighted by Gasteiger charge is 2.31. The average molecular weight is 225 g/mol. The van der Waals surface area contributed by atoms with E-state index >= 15 is 0 Å². The van der Waals surface area contributed by atoms with Gasteiger partial charge in [-0.05, 0) is 18.9 Å². The summed E-state index contributed by atoms with van der Waals surface area (Å²) in [5, 5.41) is 3.66. The highest BCUT2D eigenvalue weighted by atomic mass is 15.3. The Labute approximate surface area is 100 Å². The molecule has 94 valence electrons. The Morgan fingerprint density at radius 2 is 2.00 bits per heavy atom. The zero-order valence-electron chi connectivity index (χ0n) is 10.9. The molecule has 0 radical (unpaired) electrons. The largest absolute Gasteiger partial charge is 0.315 e. The summed E-state index contributed by atoms with van der Waals surface area (Å²) in [5.41, 5.74) is 0. The molecule has 3 heterocycles. The first kappa shape index (κ1) is 12.3. The SMILES string of the molecule is CCCC(C)CNCC1CN2CCN1CC2. The third kappa shape index (κ3) is 3.19. The van der Waals surface area contributed by atoms with E-state index in [4.69, 9.17) is 0 Å². The van der Waals surface area contributed by atoms with Crippen molar-refractivity contribution in [3.8, 4) is 0 Å². The van der Waals surface area contributed by atoms with Crippen LogP contribution in [0.5, 0.6) is 0 Å². The van der Waals surface area contributed by atoms with Gasteiger partial charge in [0.05, 0.1) is 0 Å². The van der Waals surface area contributed by atoms with Crippen LogP contribution < -0.4 is 5.32 Å². The van der Waals surface area contributed by atoms with Crippen molar-refractivity contribution in [1.29, 1.82) is 0 Å². The maximum atomic E-state index is 3.66. The summed E-state index contributed by atoms with van der Waals surface area (Å²) < 4.78 is 0. The van der Waals surface area contributed by atoms with Gasteiger partial charge < -0.3 is 5.32 Å². The predicted molar refractivity (Wildman–Crippen MR) is 68.7 cm³/mol. The molecule has 3 aliphatic heterocycles. The lowest BCUT2D eigenvalue weighted by Gasteiger charge is -2.47. The van der Waals surface area contributed by atoms with E-state index in [1.54, 1.807) is 0 Å². The Balaban J connectivity index is 1.63. The van der Waals surface area contributed by atoms with Crippen LogP contribution in [0.25, 0.3) is 0 Å². The van der Waals surface area contributed by atoms with Gasteiger partial charge in [-0.3, -0.25) is 9.80 Å². The molecule has 3 saturated heterocycles. The number of piperazine rings is 3. The van der Waals surface area contributed by atoms with Gasteiger partial charge in [-0.2, -0.15) is 0 Å². The summed E-state index contributed by atoms with van der Waals surface area (Å²) in [6.07, 6.45) is 2.67. The molecular formula is C13H27N3. The van der Waals surface area contributed by atoms with Crippen LogP contribution in [0.4, 0.5) is 0 Å². The van der Waals surface area contributed by atoms with E-state index in [2.05, 4.69) is 29.0 Å². The predicted octanol–water partition coefficient (Wildman–Crippen LogP) is 1.01. The summed E-state index contributed by atoms with van der Waals surface area (Å²) in [5.74, 6) is 0.834. The van der Waals surface area contributed by atoms with Gasteiger partial charge in [-0.15, -0.1) is 0 Å². The van der Waals surface area contributed by atoms with E-state index in [0.29, 0.717) is 0 Å². The molecule has 2 unspecified atom stereocenters. The molecule has 0 aromatic carbocycles. The second kappa shape index (κ2) is 5.99. The van der Waals surface area contributed by atoms with Gasteiger partial charge in [-0.25, -0.2) is 0 Å². The van der Waals surface area contributed by atoms with Crippen molar-refractivity contribution in [1.82, 2.24) is 15.1 Å². The first-order chi connectivity index (χ1) is 7.79. The highest BCUT2D eigenvalue weighted by Crippen LogP contribution is 2.14. The fourth-order valence-corrected chi connectivity index (χ4v) is 3.01. The molecule has 2 bridgehead atoms. The smallest absolute Gasteiger partial charge is 0.0349 e. The van der Waals surface area contributed by atoms with Crippen LogP contribution in [0.3, 0.4) is 0 Å². The van der Waals surface area contributed by atoms with Crippen LogP contribution in [0.1, 0.15) is 26.7 Å². The number of hydrogen-bond donors (Lipinski definition) is 1. The Kier molecular flexibility index (Phi) is 4.62. The van der Waals surface area contributed by atoms with Crippen molar-refractivity contribution < 1.29 is 0 Å². The van der Waals surface area contributed by atoms with Crippen molar-refractivity contribution >= 4 is 0 Å². The third-order valence-corrected chi connectivity index (χ3v) is 4.05. The van der Waals surface area contributed by atoms with Crippen molar-refractivity contribution in [3.05, 3.63) is 0 Å². The first-order valence-electron chi connectivity index (χ1n) is 6.96. The minimum Gasteiger partial charge on any atom is -0.315 e. The van der Waals surface area contributed by atoms with Crippen LogP contribution in [0, 0.1) is 5.92 Å². The second-order valence-corrected chi connectivity index (χ2v) is 5.54. The van der Waals surface area contributed by atoms with Crippen LogP contribution in [0.15, 0.2) is 0 Å². The standard InChI is InChI=1S/C13H27N3/c1-3-4-12(2)9-14-10-13-11-15-5-7-16(13)8-6-15/h12-14H,3-11H2,1-2H3. The summed E-state index contributed by atoms with van der Waals surface area (Å²) >= 11 is 0. The third-order valence-electron chi connectivity index (χ3n) is 4.05. The lowest BCUT2D eigenvalue weighted by Crippen LogP contribution is -2.63. The molecule has 0 aromatic rings.